The minimum atomic E-state index is -2.34. The molecule has 2 saturated heterocycles. The van der Waals surface area contributed by atoms with E-state index >= 15 is 0 Å². The maximum atomic E-state index is 14.3. The highest BCUT2D eigenvalue weighted by atomic mass is 19.2. The number of benzene rings is 4. The highest BCUT2D eigenvalue weighted by molar-refractivity contribution is 5.95. The SMILES string of the molecule is CC(C)(C)NC(=O)[C@H]1CC[C@H]2CCCC[C@H]2N1C[C@H]1C[C@@H](c2ccc(CO)cc2)O[C@@H](c2ccc(-c3ccccc3CNC(=O)c3c(F)c(F)c(F)c(F)c3F)cc2)O1. The zero-order valence-corrected chi connectivity index (χ0v) is 33.4. The van der Waals surface area contributed by atoms with Gasteiger partial charge in [-0.15, -0.1) is 0 Å². The molecular weight excluding hydrogens is 770 g/mol. The first-order valence-corrected chi connectivity index (χ1v) is 20.3. The van der Waals surface area contributed by atoms with Crippen LogP contribution in [0.5, 0.6) is 0 Å². The number of halogens is 5. The predicted octanol–water partition coefficient (Wildman–Crippen LogP) is 8.95. The molecule has 7 rings (SSSR count). The van der Waals surface area contributed by atoms with Crippen LogP contribution < -0.4 is 10.6 Å². The summed E-state index contributed by atoms with van der Waals surface area (Å²) >= 11 is 0. The van der Waals surface area contributed by atoms with Gasteiger partial charge in [0.15, 0.2) is 29.6 Å². The highest BCUT2D eigenvalue weighted by Crippen LogP contribution is 2.42. The van der Waals surface area contributed by atoms with Gasteiger partial charge in [-0.3, -0.25) is 14.5 Å². The van der Waals surface area contributed by atoms with Gasteiger partial charge in [0.1, 0.15) is 5.56 Å². The molecule has 0 aromatic heterocycles. The Bertz CT molecular complexity index is 2120. The van der Waals surface area contributed by atoms with Crippen LogP contribution in [0.4, 0.5) is 22.0 Å². The maximum Gasteiger partial charge on any atom is 0.257 e. The van der Waals surface area contributed by atoms with E-state index in [9.17, 15) is 36.6 Å². The number of nitrogens with zero attached hydrogens (tertiary/aromatic N) is 1. The summed E-state index contributed by atoms with van der Waals surface area (Å²) in [4.78, 5) is 28.9. The van der Waals surface area contributed by atoms with Crippen LogP contribution in [0.2, 0.25) is 0 Å². The van der Waals surface area contributed by atoms with Crippen LogP contribution in [-0.4, -0.2) is 52.1 Å². The van der Waals surface area contributed by atoms with Crippen LogP contribution in [0.1, 0.15) is 111 Å². The van der Waals surface area contributed by atoms with Gasteiger partial charge in [0, 0.05) is 36.7 Å². The monoisotopic (exact) mass is 819 g/mol. The van der Waals surface area contributed by atoms with Crippen molar-refractivity contribution in [3.8, 4) is 11.1 Å². The van der Waals surface area contributed by atoms with Crippen LogP contribution in [0.15, 0.2) is 72.8 Å². The zero-order valence-electron chi connectivity index (χ0n) is 33.4. The molecule has 2 aliphatic heterocycles. The van der Waals surface area contributed by atoms with Crippen LogP contribution in [0, 0.1) is 35.0 Å². The fourth-order valence-corrected chi connectivity index (χ4v) is 8.84. The van der Waals surface area contributed by atoms with Crippen molar-refractivity contribution in [2.24, 2.45) is 5.92 Å². The molecule has 0 unspecified atom stereocenters. The number of aliphatic hydroxyl groups excluding tert-OH is 1. The van der Waals surface area contributed by atoms with Crippen molar-refractivity contribution in [2.75, 3.05) is 6.54 Å². The number of amides is 2. The number of aliphatic hydroxyl groups is 1. The molecule has 0 bridgehead atoms. The minimum absolute atomic E-state index is 0.0364. The van der Waals surface area contributed by atoms with E-state index in [0.29, 0.717) is 30.0 Å². The van der Waals surface area contributed by atoms with E-state index in [0.717, 1.165) is 54.4 Å². The number of likely N-dealkylation sites (tertiary alicyclic amines) is 1. The van der Waals surface area contributed by atoms with E-state index < -0.39 is 46.8 Å². The molecule has 13 heteroatoms. The van der Waals surface area contributed by atoms with Gasteiger partial charge in [0.25, 0.3) is 5.91 Å². The summed E-state index contributed by atoms with van der Waals surface area (Å²) in [6.45, 7) is 6.19. The maximum absolute atomic E-state index is 14.3. The lowest BCUT2D eigenvalue weighted by atomic mass is 9.75. The molecular formula is C46H50F5N3O5. The lowest BCUT2D eigenvalue weighted by Crippen LogP contribution is -2.61. The van der Waals surface area contributed by atoms with E-state index in [-0.39, 0.29) is 48.9 Å². The Balaban J connectivity index is 1.13. The molecule has 4 aromatic rings. The zero-order chi connectivity index (χ0) is 42.0. The molecule has 3 fully saturated rings. The quantitative estimate of drug-likeness (QED) is 0.0840. The number of ether oxygens (including phenoxy) is 2. The van der Waals surface area contributed by atoms with E-state index in [1.165, 1.54) is 6.42 Å². The summed E-state index contributed by atoms with van der Waals surface area (Å²) in [7, 11) is 0. The van der Waals surface area contributed by atoms with Gasteiger partial charge < -0.3 is 25.2 Å². The molecule has 3 aliphatic rings. The third kappa shape index (κ3) is 9.38. The number of carbonyl (C=O) groups is 2. The summed E-state index contributed by atoms with van der Waals surface area (Å²) in [6, 6.07) is 22.0. The third-order valence-corrected chi connectivity index (χ3v) is 11.7. The Kier molecular flexibility index (Phi) is 12.9. The molecule has 59 heavy (non-hydrogen) atoms. The van der Waals surface area contributed by atoms with E-state index in [1.54, 1.807) is 24.3 Å². The fraction of sp³-hybridized carbons (Fsp3) is 0.435. The largest absolute Gasteiger partial charge is 0.392 e. The first-order chi connectivity index (χ1) is 28.2. The van der Waals surface area contributed by atoms with Crippen molar-refractivity contribution in [3.63, 3.8) is 0 Å². The van der Waals surface area contributed by atoms with Crippen molar-refractivity contribution in [2.45, 2.75) is 115 Å². The summed E-state index contributed by atoms with van der Waals surface area (Å²) in [5, 5.41) is 15.2. The molecule has 4 aromatic carbocycles. The van der Waals surface area contributed by atoms with Gasteiger partial charge in [-0.2, -0.15) is 0 Å². The van der Waals surface area contributed by atoms with Crippen LogP contribution in [0.3, 0.4) is 0 Å². The van der Waals surface area contributed by atoms with Crippen molar-refractivity contribution < 1.29 is 46.1 Å². The molecule has 314 valence electrons. The van der Waals surface area contributed by atoms with E-state index in [4.69, 9.17) is 9.47 Å². The average Bonchev–Trinajstić information content (AvgIpc) is 3.24. The average molecular weight is 820 g/mol. The second kappa shape index (κ2) is 17.9. The number of hydrogen-bond acceptors (Lipinski definition) is 6. The molecule has 2 amide bonds. The van der Waals surface area contributed by atoms with E-state index in [1.807, 2.05) is 69.3 Å². The Morgan fingerprint density at radius 2 is 1.42 bits per heavy atom. The van der Waals surface area contributed by atoms with Crippen LogP contribution >= 0.6 is 0 Å². The predicted molar refractivity (Wildman–Crippen MR) is 211 cm³/mol. The Hall–Kier alpha value is -4.69. The second-order valence-electron chi connectivity index (χ2n) is 16.9. The Labute approximate surface area is 341 Å². The number of fused-ring (bicyclic) bond motifs is 1. The molecule has 1 aliphatic carbocycles. The lowest BCUT2D eigenvalue weighted by Gasteiger charge is -2.50. The number of hydrogen-bond donors (Lipinski definition) is 3. The van der Waals surface area contributed by atoms with Crippen LogP contribution in [0.25, 0.3) is 11.1 Å². The summed E-state index contributed by atoms with van der Waals surface area (Å²) < 4.78 is 83.3. The minimum Gasteiger partial charge on any atom is -0.392 e. The molecule has 8 nitrogen and oxygen atoms in total. The smallest absolute Gasteiger partial charge is 0.257 e. The molecule has 1 saturated carbocycles. The first-order valence-electron chi connectivity index (χ1n) is 20.3. The van der Waals surface area contributed by atoms with Crippen molar-refractivity contribution in [1.82, 2.24) is 15.5 Å². The number of carbonyl (C=O) groups excluding carboxylic acids is 2. The van der Waals surface area contributed by atoms with Gasteiger partial charge in [-0.25, -0.2) is 22.0 Å². The number of nitrogens with one attached hydrogen (secondary N) is 2. The van der Waals surface area contributed by atoms with Crippen molar-refractivity contribution >= 4 is 11.8 Å². The molecule has 0 spiro atoms. The van der Waals surface area contributed by atoms with Crippen molar-refractivity contribution in [3.05, 3.63) is 130 Å². The molecule has 0 radical (unpaired) electrons. The first kappa shape index (κ1) is 42.4. The fourth-order valence-electron chi connectivity index (χ4n) is 8.84. The Morgan fingerprint density at radius 3 is 2.10 bits per heavy atom. The normalized spacial score (nSPS) is 23.7. The second-order valence-corrected chi connectivity index (χ2v) is 16.9. The number of piperidine rings is 1. The highest BCUT2D eigenvalue weighted by Gasteiger charge is 2.44. The summed E-state index contributed by atoms with van der Waals surface area (Å²) in [5.74, 6) is -12.0. The van der Waals surface area contributed by atoms with Gasteiger partial charge >= 0.3 is 0 Å². The lowest BCUT2D eigenvalue weighted by molar-refractivity contribution is -0.255. The Morgan fingerprint density at radius 1 is 0.780 bits per heavy atom. The van der Waals surface area contributed by atoms with E-state index in [2.05, 4.69) is 15.5 Å². The van der Waals surface area contributed by atoms with Gasteiger partial charge in [0.2, 0.25) is 11.7 Å². The summed E-state index contributed by atoms with van der Waals surface area (Å²) in [6.07, 6.45) is 5.46. The summed E-state index contributed by atoms with van der Waals surface area (Å²) in [5.41, 5.74) is 2.45. The van der Waals surface area contributed by atoms with Crippen LogP contribution in [-0.2, 0) is 27.4 Å². The topological polar surface area (TPSA) is 100 Å². The van der Waals surface area contributed by atoms with Gasteiger partial charge in [-0.05, 0) is 80.2 Å². The molecule has 6 atom stereocenters. The number of rotatable bonds is 10. The standard InChI is InChI=1S/C46H50F5N3O5/c1-46(2,3)53-43(56)35-21-20-28-8-5-7-11-34(28)54(35)24-32-22-36(29-14-12-26(25-55)13-15-29)59-45(58-32)30-18-16-27(17-19-30)33-10-6-4-9-31(33)23-52-44(57)37-38(47)40(49)42(51)41(50)39(37)48/h4,6,9-10,12-19,28,32,34-36,45,55H,5,7-8,11,20-25H2,1-3H3,(H,52,57)(H,53,56)/t28-,32-,34-,35-,36+,45+/m1/s1. The van der Waals surface area contributed by atoms with Gasteiger partial charge in [-0.1, -0.05) is 85.6 Å². The van der Waals surface area contributed by atoms with Crippen molar-refractivity contribution in [1.29, 1.82) is 0 Å². The third-order valence-electron chi connectivity index (χ3n) is 11.7. The molecule has 3 N–H and O–H groups in total. The van der Waals surface area contributed by atoms with Gasteiger partial charge in [0.05, 0.1) is 24.9 Å². The molecule has 2 heterocycles.